The zero-order valence-electron chi connectivity index (χ0n) is 18.7. The summed E-state index contributed by atoms with van der Waals surface area (Å²) < 4.78 is 0. The van der Waals surface area contributed by atoms with Crippen LogP contribution in [0.1, 0.15) is 47.0 Å². The second-order valence-electron chi connectivity index (χ2n) is 7.95. The third-order valence-corrected chi connectivity index (χ3v) is 4.82. The highest BCUT2D eigenvalue weighted by atomic mass is 16.4. The van der Waals surface area contributed by atoms with Crippen LogP contribution in [0.25, 0.3) is 0 Å². The molecule has 5 unspecified atom stereocenters. The number of carbonyl (C=O) groups excluding carboxylic acids is 5. The molecule has 13 nitrogen and oxygen atoms in total. The van der Waals surface area contributed by atoms with Crippen LogP contribution in [0.15, 0.2) is 0 Å². The van der Waals surface area contributed by atoms with Gasteiger partial charge in [0, 0.05) is 0 Å². The monoisotopic (exact) mass is 458 g/mol. The number of hydrogen-bond acceptors (Lipinski definition) is 7. The molecule has 10 N–H and O–H groups in total. The lowest BCUT2D eigenvalue weighted by molar-refractivity contribution is -0.143. The molecule has 0 radical (unpaired) electrons. The average molecular weight is 459 g/mol. The van der Waals surface area contributed by atoms with Crippen molar-refractivity contribution in [2.75, 3.05) is 0 Å². The SMILES string of the molecule is CCC(C)C(NC(=O)C(N)CC(N)=O)C(=O)NC(CC(N)=O)C(=O)NC(C(=O)O)C(C)C. The molecule has 0 heterocycles. The summed E-state index contributed by atoms with van der Waals surface area (Å²) in [5.41, 5.74) is 15.8. The third-order valence-electron chi connectivity index (χ3n) is 4.82. The van der Waals surface area contributed by atoms with E-state index in [2.05, 4.69) is 16.0 Å². The largest absolute Gasteiger partial charge is 0.480 e. The van der Waals surface area contributed by atoms with Crippen molar-refractivity contribution < 1.29 is 33.9 Å². The van der Waals surface area contributed by atoms with Crippen LogP contribution in [0, 0.1) is 11.8 Å². The molecular formula is C19H34N6O7. The van der Waals surface area contributed by atoms with Crippen molar-refractivity contribution in [3.8, 4) is 0 Å². The first-order valence-electron chi connectivity index (χ1n) is 10.2. The topological polar surface area (TPSA) is 237 Å². The van der Waals surface area contributed by atoms with Crippen molar-refractivity contribution in [2.45, 2.75) is 71.1 Å². The van der Waals surface area contributed by atoms with Gasteiger partial charge in [-0.15, -0.1) is 0 Å². The highest BCUT2D eigenvalue weighted by molar-refractivity contribution is 5.96. The van der Waals surface area contributed by atoms with Crippen molar-refractivity contribution >= 4 is 35.5 Å². The Morgan fingerprint density at radius 1 is 0.781 bits per heavy atom. The van der Waals surface area contributed by atoms with Crippen molar-refractivity contribution in [3.05, 3.63) is 0 Å². The molecule has 0 aliphatic heterocycles. The Bertz CT molecular complexity index is 727. The maximum absolute atomic E-state index is 12.9. The van der Waals surface area contributed by atoms with Gasteiger partial charge in [-0.2, -0.15) is 0 Å². The maximum atomic E-state index is 12.9. The molecule has 0 fully saturated rings. The zero-order valence-corrected chi connectivity index (χ0v) is 18.7. The number of amides is 5. The van der Waals surface area contributed by atoms with Gasteiger partial charge in [-0.3, -0.25) is 24.0 Å². The highest BCUT2D eigenvalue weighted by Gasteiger charge is 2.33. The Balaban J connectivity index is 5.59. The van der Waals surface area contributed by atoms with E-state index < -0.39 is 84.4 Å². The molecule has 0 aromatic carbocycles. The molecule has 0 saturated carbocycles. The van der Waals surface area contributed by atoms with Gasteiger partial charge in [-0.1, -0.05) is 34.1 Å². The van der Waals surface area contributed by atoms with Crippen LogP contribution in [0.5, 0.6) is 0 Å². The number of carbonyl (C=O) groups is 6. The first kappa shape index (κ1) is 28.8. The van der Waals surface area contributed by atoms with Crippen molar-refractivity contribution in [2.24, 2.45) is 29.0 Å². The lowest BCUT2D eigenvalue weighted by Crippen LogP contribution is -2.59. The van der Waals surface area contributed by atoms with Crippen LogP contribution in [0.2, 0.25) is 0 Å². The fourth-order valence-corrected chi connectivity index (χ4v) is 2.71. The molecule has 0 spiro atoms. The van der Waals surface area contributed by atoms with E-state index in [0.29, 0.717) is 6.42 Å². The Hall–Kier alpha value is -3.22. The van der Waals surface area contributed by atoms with Gasteiger partial charge in [0.1, 0.15) is 18.1 Å². The molecule has 13 heteroatoms. The van der Waals surface area contributed by atoms with E-state index in [4.69, 9.17) is 17.2 Å². The molecule has 5 atom stereocenters. The van der Waals surface area contributed by atoms with Crippen LogP contribution in [0.3, 0.4) is 0 Å². The first-order valence-corrected chi connectivity index (χ1v) is 10.2. The number of hydrogen-bond donors (Lipinski definition) is 7. The van der Waals surface area contributed by atoms with E-state index in [-0.39, 0.29) is 0 Å². The summed E-state index contributed by atoms with van der Waals surface area (Å²) in [6.07, 6.45) is -0.575. The zero-order chi connectivity index (χ0) is 25.2. The first-order chi connectivity index (χ1) is 14.7. The molecule has 0 aliphatic carbocycles. The Morgan fingerprint density at radius 3 is 1.69 bits per heavy atom. The van der Waals surface area contributed by atoms with Crippen molar-refractivity contribution in [1.82, 2.24) is 16.0 Å². The molecule has 32 heavy (non-hydrogen) atoms. The van der Waals surface area contributed by atoms with Gasteiger partial charge in [0.15, 0.2) is 0 Å². The van der Waals surface area contributed by atoms with Crippen LogP contribution in [0.4, 0.5) is 0 Å². The van der Waals surface area contributed by atoms with Gasteiger partial charge < -0.3 is 38.3 Å². The fourth-order valence-electron chi connectivity index (χ4n) is 2.71. The summed E-state index contributed by atoms with van der Waals surface area (Å²) in [7, 11) is 0. The second-order valence-corrected chi connectivity index (χ2v) is 7.95. The normalized spacial score (nSPS) is 15.6. The lowest BCUT2D eigenvalue weighted by Gasteiger charge is -2.28. The van der Waals surface area contributed by atoms with Crippen LogP contribution < -0.4 is 33.2 Å². The number of nitrogens with one attached hydrogen (secondary N) is 3. The van der Waals surface area contributed by atoms with E-state index >= 15 is 0 Å². The molecule has 0 rings (SSSR count). The Kier molecular flexibility index (Phi) is 11.9. The Morgan fingerprint density at radius 2 is 1.28 bits per heavy atom. The molecule has 0 aromatic heterocycles. The van der Waals surface area contributed by atoms with Gasteiger partial charge in [0.2, 0.25) is 29.5 Å². The summed E-state index contributed by atoms with van der Waals surface area (Å²) >= 11 is 0. The van der Waals surface area contributed by atoms with E-state index in [1.54, 1.807) is 27.7 Å². The van der Waals surface area contributed by atoms with E-state index in [1.165, 1.54) is 0 Å². The van der Waals surface area contributed by atoms with E-state index in [9.17, 15) is 33.9 Å². The number of carboxylic acids is 1. The summed E-state index contributed by atoms with van der Waals surface area (Å²) in [5.74, 6) is -6.41. The number of aliphatic carboxylic acids is 1. The van der Waals surface area contributed by atoms with Crippen LogP contribution in [-0.2, 0) is 28.8 Å². The lowest BCUT2D eigenvalue weighted by atomic mass is 9.97. The fraction of sp³-hybridized carbons (Fsp3) is 0.684. The Labute approximate surface area is 186 Å². The molecule has 0 aliphatic rings. The minimum atomic E-state index is -1.47. The van der Waals surface area contributed by atoms with Gasteiger partial charge in [0.25, 0.3) is 0 Å². The molecule has 0 aromatic rings. The van der Waals surface area contributed by atoms with Crippen molar-refractivity contribution in [1.29, 1.82) is 0 Å². The molecule has 182 valence electrons. The molecule has 0 bridgehead atoms. The summed E-state index contributed by atoms with van der Waals surface area (Å²) in [4.78, 5) is 71.5. The van der Waals surface area contributed by atoms with Crippen LogP contribution >= 0.6 is 0 Å². The number of rotatable bonds is 14. The van der Waals surface area contributed by atoms with Gasteiger partial charge >= 0.3 is 5.97 Å². The highest BCUT2D eigenvalue weighted by Crippen LogP contribution is 2.10. The summed E-state index contributed by atoms with van der Waals surface area (Å²) in [6.45, 7) is 6.57. The minimum Gasteiger partial charge on any atom is -0.480 e. The molecule has 0 saturated heterocycles. The predicted molar refractivity (Wildman–Crippen MR) is 113 cm³/mol. The van der Waals surface area contributed by atoms with Crippen molar-refractivity contribution in [3.63, 3.8) is 0 Å². The summed E-state index contributed by atoms with van der Waals surface area (Å²) in [6, 6.07) is -5.16. The minimum absolute atomic E-state index is 0.417. The van der Waals surface area contributed by atoms with Gasteiger partial charge in [-0.05, 0) is 11.8 Å². The molecule has 5 amide bonds. The van der Waals surface area contributed by atoms with Gasteiger partial charge in [0.05, 0.1) is 18.9 Å². The quantitative estimate of drug-likeness (QED) is 0.144. The van der Waals surface area contributed by atoms with Gasteiger partial charge in [-0.25, -0.2) is 4.79 Å². The number of carboxylic acid groups (broad SMARTS) is 1. The van der Waals surface area contributed by atoms with E-state index in [1.807, 2.05) is 0 Å². The van der Waals surface area contributed by atoms with Crippen LogP contribution in [-0.4, -0.2) is 64.8 Å². The number of nitrogens with two attached hydrogens (primary N) is 3. The maximum Gasteiger partial charge on any atom is 0.326 e. The standard InChI is InChI=1S/C19H34N6O7/c1-5-9(4)15(25-16(28)10(20)6-12(21)26)18(30)23-11(7-13(22)27)17(29)24-14(8(2)3)19(31)32/h8-11,14-15H,5-7,20H2,1-4H3,(H2,21,26)(H2,22,27)(H,23,30)(H,24,29)(H,25,28)(H,31,32). The van der Waals surface area contributed by atoms with E-state index in [0.717, 1.165) is 0 Å². The predicted octanol–water partition coefficient (Wildman–Crippen LogP) is -2.69. The summed E-state index contributed by atoms with van der Waals surface area (Å²) in [5, 5.41) is 16.3. The molecular weight excluding hydrogens is 424 g/mol. The smallest absolute Gasteiger partial charge is 0.326 e. The number of primary amides is 2. The third kappa shape index (κ3) is 9.73. The average Bonchev–Trinajstić information content (AvgIpc) is 2.66. The second kappa shape index (κ2) is 13.2.